The van der Waals surface area contributed by atoms with E-state index in [4.69, 9.17) is 17.3 Å². The molecule has 21 heavy (non-hydrogen) atoms. The molecule has 2 rings (SSSR count). The molecule has 0 saturated heterocycles. The smallest absolute Gasteiger partial charge is 0.251 e. The minimum atomic E-state index is -0.269. The van der Waals surface area contributed by atoms with E-state index in [1.165, 1.54) is 22.9 Å². The van der Waals surface area contributed by atoms with Crippen LogP contribution in [0.2, 0.25) is 5.02 Å². The van der Waals surface area contributed by atoms with Gasteiger partial charge in [-0.2, -0.15) is 0 Å². The second-order valence-corrected chi connectivity index (χ2v) is 5.21. The van der Waals surface area contributed by atoms with Crippen molar-refractivity contribution in [3.8, 4) is 0 Å². The first-order valence-electron chi connectivity index (χ1n) is 6.46. The summed E-state index contributed by atoms with van der Waals surface area (Å²) < 4.78 is 1.27. The van der Waals surface area contributed by atoms with Gasteiger partial charge in [0.1, 0.15) is 6.54 Å². The van der Waals surface area contributed by atoms with Crippen molar-refractivity contribution in [2.45, 2.75) is 19.5 Å². The lowest BCUT2D eigenvalue weighted by Gasteiger charge is -2.15. The van der Waals surface area contributed by atoms with E-state index in [0.29, 0.717) is 10.7 Å². The fourth-order valence-corrected chi connectivity index (χ4v) is 2.17. The molecular weight excluding hydrogens is 290 g/mol. The van der Waals surface area contributed by atoms with Gasteiger partial charge in [-0.3, -0.25) is 9.59 Å². The summed E-state index contributed by atoms with van der Waals surface area (Å²) in [5.41, 5.74) is 6.67. The summed E-state index contributed by atoms with van der Waals surface area (Å²) in [5.74, 6) is -0.268. The number of carbonyl (C=O) groups excluding carboxylic acids is 1. The first kappa shape index (κ1) is 15.1. The minimum absolute atomic E-state index is 0.0746. The Bertz CT molecular complexity index is 712. The summed E-state index contributed by atoms with van der Waals surface area (Å²) in [6.45, 7) is 1.78. The molecule has 1 amide bonds. The van der Waals surface area contributed by atoms with Crippen LogP contribution >= 0.6 is 11.6 Å². The number of nitrogen functional groups attached to an aromatic ring is 1. The van der Waals surface area contributed by atoms with Crippen LogP contribution in [0.4, 0.5) is 5.69 Å². The van der Waals surface area contributed by atoms with Crippen molar-refractivity contribution in [1.82, 2.24) is 9.88 Å². The molecule has 3 N–H and O–H groups in total. The lowest BCUT2D eigenvalue weighted by Crippen LogP contribution is -2.33. The van der Waals surface area contributed by atoms with Crippen LogP contribution in [0.5, 0.6) is 0 Å². The molecule has 0 aliphatic carbocycles. The molecular formula is C15H16ClN3O2. The van der Waals surface area contributed by atoms with Gasteiger partial charge < -0.3 is 15.6 Å². The fraction of sp³-hybridized carbons (Fsp3) is 0.200. The van der Waals surface area contributed by atoms with E-state index in [1.807, 2.05) is 19.1 Å². The monoisotopic (exact) mass is 305 g/mol. The normalized spacial score (nSPS) is 11.9. The number of benzene rings is 1. The Morgan fingerprint density at radius 1 is 1.38 bits per heavy atom. The Hall–Kier alpha value is -2.27. The number of amides is 1. The largest absolute Gasteiger partial charge is 0.398 e. The number of hydrogen-bond donors (Lipinski definition) is 2. The van der Waals surface area contributed by atoms with Crippen LogP contribution in [0, 0.1) is 0 Å². The number of rotatable bonds is 4. The molecule has 2 aromatic rings. The second kappa shape index (κ2) is 6.45. The third-order valence-corrected chi connectivity index (χ3v) is 3.28. The third kappa shape index (κ3) is 4.10. The fourth-order valence-electron chi connectivity index (χ4n) is 1.97. The number of halogens is 1. The van der Waals surface area contributed by atoms with Crippen molar-refractivity contribution in [3.63, 3.8) is 0 Å². The zero-order valence-corrected chi connectivity index (χ0v) is 12.3. The van der Waals surface area contributed by atoms with Gasteiger partial charge in [-0.1, -0.05) is 23.7 Å². The number of anilines is 1. The number of pyridine rings is 1. The van der Waals surface area contributed by atoms with E-state index in [2.05, 4.69) is 5.32 Å². The summed E-state index contributed by atoms with van der Waals surface area (Å²) in [4.78, 5) is 23.6. The van der Waals surface area contributed by atoms with Crippen LogP contribution in [-0.2, 0) is 11.3 Å². The highest BCUT2D eigenvalue weighted by Gasteiger charge is 2.11. The maximum Gasteiger partial charge on any atom is 0.251 e. The number of hydrogen-bond acceptors (Lipinski definition) is 3. The summed E-state index contributed by atoms with van der Waals surface area (Å²) in [5, 5.41) is 3.43. The number of nitrogens with one attached hydrogen (secondary N) is 1. The molecule has 0 fully saturated rings. The molecule has 0 aliphatic heterocycles. The van der Waals surface area contributed by atoms with Crippen LogP contribution in [-0.4, -0.2) is 10.5 Å². The standard InChI is InChI=1S/C15H16ClN3O2/c1-10(11-3-2-4-12(16)7-11)18-14(20)9-19-8-13(17)5-6-15(19)21/h2-8,10H,9,17H2,1H3,(H,18,20). The van der Waals surface area contributed by atoms with E-state index in [1.54, 1.807) is 12.1 Å². The quantitative estimate of drug-likeness (QED) is 0.906. The molecule has 0 radical (unpaired) electrons. The number of nitrogens with two attached hydrogens (primary N) is 1. The first-order valence-corrected chi connectivity index (χ1v) is 6.84. The third-order valence-electron chi connectivity index (χ3n) is 3.05. The van der Waals surface area contributed by atoms with Crippen LogP contribution < -0.4 is 16.6 Å². The molecule has 6 heteroatoms. The molecule has 5 nitrogen and oxygen atoms in total. The average molecular weight is 306 g/mol. The molecule has 1 aromatic carbocycles. The highest BCUT2D eigenvalue weighted by Crippen LogP contribution is 2.17. The maximum atomic E-state index is 12.0. The molecule has 1 unspecified atom stereocenters. The summed E-state index contributed by atoms with van der Waals surface area (Å²) in [6, 6.07) is 9.90. The molecule has 1 atom stereocenters. The van der Waals surface area contributed by atoms with Crippen molar-refractivity contribution in [1.29, 1.82) is 0 Å². The lowest BCUT2D eigenvalue weighted by molar-refractivity contribution is -0.122. The summed E-state index contributed by atoms with van der Waals surface area (Å²) in [7, 11) is 0. The van der Waals surface area contributed by atoms with Gasteiger partial charge in [0.05, 0.1) is 6.04 Å². The van der Waals surface area contributed by atoms with Gasteiger partial charge in [-0.25, -0.2) is 0 Å². The zero-order chi connectivity index (χ0) is 15.4. The van der Waals surface area contributed by atoms with Crippen molar-refractivity contribution in [2.75, 3.05) is 5.73 Å². The number of carbonyl (C=O) groups is 1. The highest BCUT2D eigenvalue weighted by atomic mass is 35.5. The Kier molecular flexibility index (Phi) is 4.65. The number of aromatic nitrogens is 1. The summed E-state index contributed by atoms with van der Waals surface area (Å²) in [6.07, 6.45) is 1.45. The van der Waals surface area contributed by atoms with Gasteiger partial charge in [-0.15, -0.1) is 0 Å². The van der Waals surface area contributed by atoms with Crippen LogP contribution in [0.15, 0.2) is 47.4 Å². The van der Waals surface area contributed by atoms with Crippen molar-refractivity contribution >= 4 is 23.2 Å². The maximum absolute atomic E-state index is 12.0. The Morgan fingerprint density at radius 2 is 2.14 bits per heavy atom. The average Bonchev–Trinajstić information content (AvgIpc) is 2.42. The molecule has 1 heterocycles. The molecule has 0 aliphatic rings. The van der Waals surface area contributed by atoms with E-state index in [-0.39, 0.29) is 24.1 Å². The first-order chi connectivity index (χ1) is 9.95. The molecule has 0 bridgehead atoms. The predicted octanol–water partition coefficient (Wildman–Crippen LogP) is 1.96. The van der Waals surface area contributed by atoms with Crippen molar-refractivity contribution in [2.24, 2.45) is 0 Å². The van der Waals surface area contributed by atoms with E-state index in [9.17, 15) is 9.59 Å². The predicted molar refractivity (Wildman–Crippen MR) is 83.1 cm³/mol. The molecule has 110 valence electrons. The van der Waals surface area contributed by atoms with Crippen molar-refractivity contribution < 1.29 is 4.79 Å². The van der Waals surface area contributed by atoms with Crippen LogP contribution in [0.25, 0.3) is 0 Å². The van der Waals surface area contributed by atoms with Crippen LogP contribution in [0.1, 0.15) is 18.5 Å². The van der Waals surface area contributed by atoms with Gasteiger partial charge in [0.25, 0.3) is 5.56 Å². The topological polar surface area (TPSA) is 77.1 Å². The van der Waals surface area contributed by atoms with Crippen molar-refractivity contribution in [3.05, 3.63) is 63.5 Å². The minimum Gasteiger partial charge on any atom is -0.398 e. The summed E-state index contributed by atoms with van der Waals surface area (Å²) >= 11 is 5.92. The molecule has 0 spiro atoms. The van der Waals surface area contributed by atoms with Gasteiger partial charge in [0.15, 0.2) is 0 Å². The van der Waals surface area contributed by atoms with Gasteiger partial charge in [0.2, 0.25) is 5.91 Å². The number of nitrogens with zero attached hydrogens (tertiary/aromatic N) is 1. The SMILES string of the molecule is CC(NC(=O)Cn1cc(N)ccc1=O)c1cccc(Cl)c1. The van der Waals surface area contributed by atoms with E-state index < -0.39 is 0 Å². The van der Waals surface area contributed by atoms with E-state index >= 15 is 0 Å². The lowest BCUT2D eigenvalue weighted by atomic mass is 10.1. The highest BCUT2D eigenvalue weighted by molar-refractivity contribution is 6.30. The zero-order valence-electron chi connectivity index (χ0n) is 11.5. The molecule has 0 saturated carbocycles. The Labute approximate surface area is 127 Å². The van der Waals surface area contributed by atoms with Gasteiger partial charge >= 0.3 is 0 Å². The van der Waals surface area contributed by atoms with E-state index in [0.717, 1.165) is 5.56 Å². The van der Waals surface area contributed by atoms with Crippen LogP contribution in [0.3, 0.4) is 0 Å². The van der Waals surface area contributed by atoms with Gasteiger partial charge in [0, 0.05) is 23.0 Å². The van der Waals surface area contributed by atoms with Gasteiger partial charge in [-0.05, 0) is 30.7 Å². The second-order valence-electron chi connectivity index (χ2n) is 4.77. The Balaban J connectivity index is 2.04. The molecule has 1 aromatic heterocycles. The Morgan fingerprint density at radius 3 is 2.86 bits per heavy atom.